The molecule has 76 valence electrons. The molecule has 1 heterocycles. The van der Waals surface area contributed by atoms with E-state index in [9.17, 15) is 4.79 Å². The number of hydrogen-bond donors (Lipinski definition) is 2. The van der Waals surface area contributed by atoms with E-state index in [1.54, 1.807) is 0 Å². The van der Waals surface area contributed by atoms with Crippen molar-refractivity contribution in [2.45, 2.75) is 13.3 Å². The Morgan fingerprint density at radius 3 is 3.07 bits per heavy atom. The Bertz CT molecular complexity index is 350. The molecular weight excluding hydrogens is 200 g/mol. The normalized spacial score (nSPS) is 24.6. The Balaban J connectivity index is 1.87. The number of nitrogens with one attached hydrogen (secondary N) is 1. The second-order valence-corrected chi connectivity index (χ2v) is 4.72. The third kappa shape index (κ3) is 2.04. The van der Waals surface area contributed by atoms with Crippen LogP contribution in [0.15, 0.2) is 6.20 Å². The van der Waals surface area contributed by atoms with E-state index in [1.165, 1.54) is 24.0 Å². The zero-order chi connectivity index (χ0) is 10.1. The molecule has 1 saturated carbocycles. The van der Waals surface area contributed by atoms with E-state index in [4.69, 9.17) is 5.11 Å². The Hall–Kier alpha value is -1.10. The predicted molar refractivity (Wildman–Crippen MR) is 54.8 cm³/mol. The molecule has 2 unspecified atom stereocenters. The molecule has 0 spiro atoms. The van der Waals surface area contributed by atoms with Gasteiger partial charge in [0.2, 0.25) is 0 Å². The lowest BCUT2D eigenvalue weighted by Gasteiger charge is -1.98. The van der Waals surface area contributed by atoms with E-state index in [0.717, 1.165) is 18.4 Å². The Kier molecular flexibility index (Phi) is 2.41. The zero-order valence-electron chi connectivity index (χ0n) is 7.86. The van der Waals surface area contributed by atoms with E-state index in [2.05, 4.69) is 17.2 Å². The maximum atomic E-state index is 10.6. The third-order valence-electron chi connectivity index (χ3n) is 2.51. The highest BCUT2D eigenvalue weighted by Crippen LogP contribution is 2.37. The van der Waals surface area contributed by atoms with Gasteiger partial charge in [0.25, 0.3) is 0 Å². The highest BCUT2D eigenvalue weighted by Gasteiger charge is 2.32. The monoisotopic (exact) mass is 212 g/mol. The van der Waals surface area contributed by atoms with E-state index < -0.39 is 5.97 Å². The molecule has 0 aromatic carbocycles. The van der Waals surface area contributed by atoms with Crippen LogP contribution in [0.2, 0.25) is 0 Å². The zero-order valence-corrected chi connectivity index (χ0v) is 8.67. The summed E-state index contributed by atoms with van der Waals surface area (Å²) in [7, 11) is 0. The molecule has 1 aliphatic rings. The molecule has 0 radical (unpaired) electrons. The van der Waals surface area contributed by atoms with Crippen molar-refractivity contribution in [1.82, 2.24) is 4.98 Å². The highest BCUT2D eigenvalue weighted by atomic mass is 32.1. The number of nitrogens with zero attached hydrogens (tertiary/aromatic N) is 1. The molecule has 2 N–H and O–H groups in total. The quantitative estimate of drug-likeness (QED) is 0.800. The van der Waals surface area contributed by atoms with Crippen molar-refractivity contribution in [3.63, 3.8) is 0 Å². The molecule has 14 heavy (non-hydrogen) atoms. The highest BCUT2D eigenvalue weighted by molar-refractivity contribution is 7.17. The number of anilines is 1. The number of thiazole rings is 1. The lowest BCUT2D eigenvalue weighted by atomic mass is 10.3. The van der Waals surface area contributed by atoms with Crippen LogP contribution in [0.1, 0.15) is 23.0 Å². The smallest absolute Gasteiger partial charge is 0.347 e. The number of aromatic carboxylic acids is 1. The van der Waals surface area contributed by atoms with E-state index in [1.807, 2.05) is 0 Å². The van der Waals surface area contributed by atoms with Gasteiger partial charge in [-0.1, -0.05) is 18.3 Å². The van der Waals surface area contributed by atoms with Crippen LogP contribution in [0.3, 0.4) is 0 Å². The maximum Gasteiger partial charge on any atom is 0.347 e. The first-order valence-electron chi connectivity index (χ1n) is 4.60. The Morgan fingerprint density at radius 2 is 2.57 bits per heavy atom. The molecule has 5 heteroatoms. The van der Waals surface area contributed by atoms with Crippen molar-refractivity contribution in [3.8, 4) is 0 Å². The van der Waals surface area contributed by atoms with Gasteiger partial charge in [-0.05, 0) is 18.3 Å². The second-order valence-electron chi connectivity index (χ2n) is 3.69. The van der Waals surface area contributed by atoms with E-state index in [0.29, 0.717) is 5.13 Å². The summed E-state index contributed by atoms with van der Waals surface area (Å²) in [5, 5.41) is 12.5. The molecule has 0 amide bonds. The van der Waals surface area contributed by atoms with Gasteiger partial charge in [0.1, 0.15) is 4.88 Å². The molecule has 0 aliphatic heterocycles. The van der Waals surface area contributed by atoms with Gasteiger partial charge < -0.3 is 10.4 Å². The van der Waals surface area contributed by atoms with Crippen molar-refractivity contribution in [2.75, 3.05) is 11.9 Å². The number of hydrogen-bond acceptors (Lipinski definition) is 4. The molecule has 1 fully saturated rings. The largest absolute Gasteiger partial charge is 0.477 e. The van der Waals surface area contributed by atoms with Crippen LogP contribution in [-0.2, 0) is 0 Å². The summed E-state index contributed by atoms with van der Waals surface area (Å²) < 4.78 is 0. The SMILES string of the molecule is CC1CC1CNc1ncc(C(=O)O)s1. The number of rotatable bonds is 4. The van der Waals surface area contributed by atoms with Crippen LogP contribution in [0.25, 0.3) is 0 Å². The van der Waals surface area contributed by atoms with Gasteiger partial charge in [0, 0.05) is 6.54 Å². The van der Waals surface area contributed by atoms with Crippen LogP contribution < -0.4 is 5.32 Å². The van der Waals surface area contributed by atoms with Crippen LogP contribution in [0, 0.1) is 11.8 Å². The number of carboxylic acids is 1. The van der Waals surface area contributed by atoms with Gasteiger partial charge >= 0.3 is 5.97 Å². The molecular formula is C9H12N2O2S. The minimum absolute atomic E-state index is 0.288. The minimum atomic E-state index is -0.907. The van der Waals surface area contributed by atoms with Crippen LogP contribution >= 0.6 is 11.3 Å². The van der Waals surface area contributed by atoms with Gasteiger partial charge in [-0.25, -0.2) is 9.78 Å². The number of aromatic nitrogens is 1. The lowest BCUT2D eigenvalue weighted by Crippen LogP contribution is -2.03. The van der Waals surface area contributed by atoms with Crippen LogP contribution in [-0.4, -0.2) is 22.6 Å². The van der Waals surface area contributed by atoms with Crippen molar-refractivity contribution < 1.29 is 9.90 Å². The Morgan fingerprint density at radius 1 is 1.86 bits per heavy atom. The molecule has 1 aromatic heterocycles. The first-order valence-corrected chi connectivity index (χ1v) is 5.41. The standard InChI is InChI=1S/C9H12N2O2S/c1-5-2-6(5)3-10-9-11-4-7(14-9)8(12)13/h4-6H,2-3H2,1H3,(H,10,11)(H,12,13). The van der Waals surface area contributed by atoms with Gasteiger partial charge in [-0.15, -0.1) is 0 Å². The third-order valence-corrected chi connectivity index (χ3v) is 3.45. The summed E-state index contributed by atoms with van der Waals surface area (Å²) >= 11 is 1.19. The average molecular weight is 212 g/mol. The van der Waals surface area contributed by atoms with Gasteiger partial charge in [0.05, 0.1) is 6.20 Å². The summed E-state index contributed by atoms with van der Waals surface area (Å²) in [6.45, 7) is 3.13. The molecule has 2 rings (SSSR count). The fourth-order valence-electron chi connectivity index (χ4n) is 1.36. The summed E-state index contributed by atoms with van der Waals surface area (Å²) in [6.07, 6.45) is 2.66. The van der Waals surface area contributed by atoms with E-state index in [-0.39, 0.29) is 4.88 Å². The first-order chi connectivity index (χ1) is 6.66. The molecule has 0 bridgehead atoms. The second kappa shape index (κ2) is 3.57. The fourth-order valence-corrected chi connectivity index (χ4v) is 2.02. The van der Waals surface area contributed by atoms with Crippen LogP contribution in [0.4, 0.5) is 5.13 Å². The maximum absolute atomic E-state index is 10.6. The molecule has 4 nitrogen and oxygen atoms in total. The van der Waals surface area contributed by atoms with Crippen molar-refractivity contribution in [3.05, 3.63) is 11.1 Å². The topological polar surface area (TPSA) is 62.2 Å². The first kappa shape index (κ1) is 9.45. The summed E-state index contributed by atoms with van der Waals surface area (Å²) in [5.74, 6) is 0.643. The summed E-state index contributed by atoms with van der Waals surface area (Å²) in [5.41, 5.74) is 0. The van der Waals surface area contributed by atoms with Gasteiger partial charge in [-0.3, -0.25) is 0 Å². The summed E-state index contributed by atoms with van der Waals surface area (Å²) in [6, 6.07) is 0. The average Bonchev–Trinajstić information content (AvgIpc) is 2.68. The van der Waals surface area contributed by atoms with Crippen molar-refractivity contribution in [2.24, 2.45) is 11.8 Å². The molecule has 0 saturated heterocycles. The number of carbonyl (C=O) groups is 1. The van der Waals surface area contributed by atoms with E-state index >= 15 is 0 Å². The molecule has 2 atom stereocenters. The van der Waals surface area contributed by atoms with Gasteiger partial charge in [-0.2, -0.15) is 0 Å². The fraction of sp³-hybridized carbons (Fsp3) is 0.556. The van der Waals surface area contributed by atoms with Crippen LogP contribution in [0.5, 0.6) is 0 Å². The predicted octanol–water partition coefficient (Wildman–Crippen LogP) is 1.91. The minimum Gasteiger partial charge on any atom is -0.477 e. The molecule has 1 aliphatic carbocycles. The van der Waals surface area contributed by atoms with Crippen molar-refractivity contribution >= 4 is 22.4 Å². The van der Waals surface area contributed by atoms with Crippen molar-refractivity contribution in [1.29, 1.82) is 0 Å². The Labute approximate surface area is 86.0 Å². The summed E-state index contributed by atoms with van der Waals surface area (Å²) in [4.78, 5) is 14.8. The number of carboxylic acid groups (broad SMARTS) is 1. The van der Waals surface area contributed by atoms with Gasteiger partial charge in [0.15, 0.2) is 5.13 Å². The molecule has 1 aromatic rings. The lowest BCUT2D eigenvalue weighted by molar-refractivity contribution is 0.0702.